The van der Waals surface area contributed by atoms with Crippen molar-refractivity contribution in [3.63, 3.8) is 0 Å². The molecule has 2 N–H and O–H groups in total. The first kappa shape index (κ1) is 12.0. The molecule has 1 aliphatic rings. The van der Waals surface area contributed by atoms with Crippen LogP contribution in [0.1, 0.15) is 33.1 Å². The van der Waals surface area contributed by atoms with Crippen molar-refractivity contribution in [2.24, 2.45) is 0 Å². The summed E-state index contributed by atoms with van der Waals surface area (Å²) in [5, 5.41) is 12.0. The normalized spacial score (nSPS) is 19.8. The van der Waals surface area contributed by atoms with Crippen molar-refractivity contribution in [2.45, 2.75) is 38.6 Å². The zero-order chi connectivity index (χ0) is 11.3. The number of ether oxygens (including phenoxy) is 1. The monoisotopic (exact) mass is 213 g/mol. The van der Waals surface area contributed by atoms with Crippen LogP contribution in [0.3, 0.4) is 0 Å². The van der Waals surface area contributed by atoms with Crippen LogP contribution in [0.25, 0.3) is 0 Å². The Morgan fingerprint density at radius 3 is 2.93 bits per heavy atom. The molecule has 1 aliphatic heterocycles. The van der Waals surface area contributed by atoms with E-state index in [4.69, 9.17) is 9.84 Å². The molecule has 0 aliphatic carbocycles. The van der Waals surface area contributed by atoms with Gasteiger partial charge in [0.05, 0.1) is 30.6 Å². The third-order valence-electron chi connectivity index (χ3n) is 2.77. The molecule has 86 valence electrons. The van der Waals surface area contributed by atoms with E-state index in [0.717, 1.165) is 12.8 Å². The Bertz CT molecular complexity index is 257. The van der Waals surface area contributed by atoms with Gasteiger partial charge in [0.25, 0.3) is 5.91 Å². The molecule has 0 unspecified atom stereocenters. The Morgan fingerprint density at radius 1 is 1.73 bits per heavy atom. The number of carbonyl (C=O) groups excluding carboxylic acids is 1. The minimum absolute atomic E-state index is 0.0522. The Balaban J connectivity index is 2.57. The molecule has 1 amide bonds. The first-order chi connectivity index (χ1) is 7.11. The molecule has 1 heterocycles. The molecule has 0 saturated heterocycles. The molecule has 1 rings (SSSR count). The van der Waals surface area contributed by atoms with Gasteiger partial charge in [-0.3, -0.25) is 4.79 Å². The van der Waals surface area contributed by atoms with Crippen molar-refractivity contribution in [2.75, 3.05) is 13.2 Å². The number of carbonyl (C=O) groups is 1. The van der Waals surface area contributed by atoms with Crippen molar-refractivity contribution in [1.29, 1.82) is 0 Å². The lowest BCUT2D eigenvalue weighted by Crippen LogP contribution is -2.49. The summed E-state index contributed by atoms with van der Waals surface area (Å²) in [6, 6.07) is 0. The summed E-state index contributed by atoms with van der Waals surface area (Å²) in [6.07, 6.45) is 3.84. The van der Waals surface area contributed by atoms with Gasteiger partial charge in [-0.2, -0.15) is 0 Å². The fraction of sp³-hybridized carbons (Fsp3) is 0.727. The molecule has 0 aromatic carbocycles. The molecule has 4 nitrogen and oxygen atoms in total. The number of nitrogens with one attached hydrogen (secondary N) is 1. The second-order valence-corrected chi connectivity index (χ2v) is 4.14. The number of aliphatic hydroxyl groups excluding tert-OH is 1. The molecule has 0 aromatic rings. The Labute approximate surface area is 90.3 Å². The lowest BCUT2D eigenvalue weighted by molar-refractivity contribution is -0.120. The van der Waals surface area contributed by atoms with Crippen molar-refractivity contribution in [3.05, 3.63) is 11.8 Å². The van der Waals surface area contributed by atoms with Gasteiger partial charge < -0.3 is 15.2 Å². The molecule has 0 bridgehead atoms. The SMILES string of the molecule is CC[C@](C)(CO)NC(=O)C1=COCCC1. The molecule has 4 heteroatoms. The smallest absolute Gasteiger partial charge is 0.250 e. The van der Waals surface area contributed by atoms with Crippen molar-refractivity contribution in [1.82, 2.24) is 5.32 Å². The van der Waals surface area contributed by atoms with Crippen molar-refractivity contribution < 1.29 is 14.6 Å². The summed E-state index contributed by atoms with van der Waals surface area (Å²) < 4.78 is 5.10. The summed E-state index contributed by atoms with van der Waals surface area (Å²) in [5.41, 5.74) is 0.129. The van der Waals surface area contributed by atoms with E-state index in [-0.39, 0.29) is 12.5 Å². The van der Waals surface area contributed by atoms with E-state index >= 15 is 0 Å². The van der Waals surface area contributed by atoms with Crippen LogP contribution in [0.15, 0.2) is 11.8 Å². The van der Waals surface area contributed by atoms with Gasteiger partial charge in [0.15, 0.2) is 0 Å². The largest absolute Gasteiger partial charge is 0.501 e. The maximum atomic E-state index is 11.8. The second kappa shape index (κ2) is 5.16. The van der Waals surface area contributed by atoms with Gasteiger partial charge in [-0.15, -0.1) is 0 Å². The van der Waals surface area contributed by atoms with Gasteiger partial charge in [0, 0.05) is 0 Å². The molecule has 0 fully saturated rings. The summed E-state index contributed by atoms with van der Waals surface area (Å²) in [6.45, 7) is 4.39. The molecule has 0 spiro atoms. The second-order valence-electron chi connectivity index (χ2n) is 4.14. The molecular weight excluding hydrogens is 194 g/mol. The average Bonchev–Trinajstić information content (AvgIpc) is 2.30. The topological polar surface area (TPSA) is 58.6 Å². The summed E-state index contributed by atoms with van der Waals surface area (Å²) in [7, 11) is 0. The van der Waals surface area contributed by atoms with Crippen LogP contribution in [0.4, 0.5) is 0 Å². The summed E-state index contributed by atoms with van der Waals surface area (Å²) in [5.74, 6) is -0.131. The quantitative estimate of drug-likeness (QED) is 0.731. The fourth-order valence-electron chi connectivity index (χ4n) is 1.33. The lowest BCUT2D eigenvalue weighted by atomic mass is 9.99. The zero-order valence-corrected chi connectivity index (χ0v) is 9.38. The van der Waals surface area contributed by atoms with Crippen LogP contribution >= 0.6 is 0 Å². The highest BCUT2D eigenvalue weighted by Crippen LogP contribution is 2.14. The van der Waals surface area contributed by atoms with E-state index in [1.165, 1.54) is 6.26 Å². The van der Waals surface area contributed by atoms with E-state index in [0.29, 0.717) is 18.6 Å². The molecular formula is C11H19NO3. The summed E-state index contributed by atoms with van der Waals surface area (Å²) >= 11 is 0. The number of hydrogen-bond donors (Lipinski definition) is 2. The molecule has 1 atom stereocenters. The number of rotatable bonds is 4. The van der Waals surface area contributed by atoms with E-state index in [1.807, 2.05) is 13.8 Å². The predicted octanol–water partition coefficient (Wildman–Crippen LogP) is 0.958. The van der Waals surface area contributed by atoms with Gasteiger partial charge in [0.1, 0.15) is 0 Å². The minimum atomic E-state index is -0.532. The van der Waals surface area contributed by atoms with Crippen LogP contribution in [-0.2, 0) is 9.53 Å². The van der Waals surface area contributed by atoms with Crippen molar-refractivity contribution >= 4 is 5.91 Å². The first-order valence-corrected chi connectivity index (χ1v) is 5.35. The molecule has 15 heavy (non-hydrogen) atoms. The third-order valence-corrected chi connectivity index (χ3v) is 2.77. The van der Waals surface area contributed by atoms with Crippen LogP contribution < -0.4 is 5.32 Å². The number of hydrogen-bond acceptors (Lipinski definition) is 3. The number of aliphatic hydroxyl groups is 1. The summed E-state index contributed by atoms with van der Waals surface area (Å²) in [4.78, 5) is 11.8. The van der Waals surface area contributed by atoms with E-state index < -0.39 is 5.54 Å². The Morgan fingerprint density at radius 2 is 2.47 bits per heavy atom. The van der Waals surface area contributed by atoms with E-state index in [9.17, 15) is 4.79 Å². The lowest BCUT2D eigenvalue weighted by Gasteiger charge is -2.28. The maximum Gasteiger partial charge on any atom is 0.250 e. The highest BCUT2D eigenvalue weighted by Gasteiger charge is 2.25. The van der Waals surface area contributed by atoms with Gasteiger partial charge in [-0.25, -0.2) is 0 Å². The van der Waals surface area contributed by atoms with Crippen molar-refractivity contribution in [3.8, 4) is 0 Å². The Kier molecular flexibility index (Phi) is 4.15. The fourth-order valence-corrected chi connectivity index (χ4v) is 1.33. The van der Waals surface area contributed by atoms with Crippen LogP contribution in [-0.4, -0.2) is 29.8 Å². The third kappa shape index (κ3) is 3.23. The molecule has 0 saturated carbocycles. The maximum absolute atomic E-state index is 11.8. The highest BCUT2D eigenvalue weighted by atomic mass is 16.5. The number of amides is 1. The average molecular weight is 213 g/mol. The standard InChI is InChI=1S/C11H19NO3/c1-3-11(2,8-13)12-10(14)9-5-4-6-15-7-9/h7,13H,3-6,8H2,1-2H3,(H,12,14)/t11-/m1/s1. The van der Waals surface area contributed by atoms with Crippen LogP contribution in [0.2, 0.25) is 0 Å². The zero-order valence-electron chi connectivity index (χ0n) is 9.38. The van der Waals surface area contributed by atoms with E-state index in [1.54, 1.807) is 0 Å². The Hall–Kier alpha value is -1.03. The first-order valence-electron chi connectivity index (χ1n) is 5.35. The molecule has 0 aromatic heterocycles. The van der Waals surface area contributed by atoms with Crippen LogP contribution in [0, 0.1) is 0 Å². The van der Waals surface area contributed by atoms with Gasteiger partial charge in [-0.05, 0) is 26.2 Å². The van der Waals surface area contributed by atoms with Gasteiger partial charge >= 0.3 is 0 Å². The highest BCUT2D eigenvalue weighted by molar-refractivity contribution is 5.93. The van der Waals surface area contributed by atoms with Crippen LogP contribution in [0.5, 0.6) is 0 Å². The molecule has 0 radical (unpaired) electrons. The van der Waals surface area contributed by atoms with Gasteiger partial charge in [-0.1, -0.05) is 6.92 Å². The predicted molar refractivity (Wildman–Crippen MR) is 57.2 cm³/mol. The minimum Gasteiger partial charge on any atom is -0.501 e. The van der Waals surface area contributed by atoms with E-state index in [2.05, 4.69) is 5.32 Å². The van der Waals surface area contributed by atoms with Gasteiger partial charge in [0.2, 0.25) is 0 Å².